The van der Waals surface area contributed by atoms with Crippen LogP contribution >= 0.6 is 0 Å². The standard InChI is InChI=1S/C14H13F2NO/c1-8-3-4-9(17)5-11(8)14-12(15)6-10(18-2)7-13(14)16/h3-7H,17H2,1-2H3. The van der Waals surface area contributed by atoms with Crippen LogP contribution in [0.5, 0.6) is 5.75 Å². The number of benzene rings is 2. The van der Waals surface area contributed by atoms with E-state index in [2.05, 4.69) is 0 Å². The van der Waals surface area contributed by atoms with E-state index in [1.54, 1.807) is 25.1 Å². The molecular weight excluding hydrogens is 236 g/mol. The number of nitrogens with two attached hydrogens (primary N) is 1. The number of methoxy groups -OCH3 is 1. The zero-order valence-corrected chi connectivity index (χ0v) is 10.1. The van der Waals surface area contributed by atoms with Crippen LogP contribution in [0.3, 0.4) is 0 Å². The summed E-state index contributed by atoms with van der Waals surface area (Å²) in [7, 11) is 1.36. The highest BCUT2D eigenvalue weighted by atomic mass is 19.1. The van der Waals surface area contributed by atoms with Gasteiger partial charge < -0.3 is 10.5 Å². The molecule has 2 aromatic carbocycles. The van der Waals surface area contributed by atoms with Crippen LogP contribution in [-0.2, 0) is 0 Å². The number of rotatable bonds is 2. The summed E-state index contributed by atoms with van der Waals surface area (Å²) in [5, 5.41) is 0. The highest BCUT2D eigenvalue weighted by Crippen LogP contribution is 2.32. The molecule has 2 nitrogen and oxygen atoms in total. The Labute approximate surface area is 104 Å². The maximum absolute atomic E-state index is 13.9. The molecule has 0 atom stereocenters. The summed E-state index contributed by atoms with van der Waals surface area (Å²) in [6.07, 6.45) is 0. The van der Waals surface area contributed by atoms with Gasteiger partial charge in [0.25, 0.3) is 0 Å². The lowest BCUT2D eigenvalue weighted by molar-refractivity contribution is 0.407. The Hall–Kier alpha value is -2.10. The van der Waals surface area contributed by atoms with Gasteiger partial charge >= 0.3 is 0 Å². The molecule has 2 aromatic rings. The Morgan fingerprint density at radius 2 is 1.67 bits per heavy atom. The number of ether oxygens (including phenoxy) is 1. The molecule has 0 radical (unpaired) electrons. The predicted molar refractivity (Wildman–Crippen MR) is 67.5 cm³/mol. The highest BCUT2D eigenvalue weighted by Gasteiger charge is 2.15. The second-order valence-electron chi connectivity index (χ2n) is 4.04. The van der Waals surface area contributed by atoms with Crippen LogP contribution in [0.2, 0.25) is 0 Å². The maximum atomic E-state index is 13.9. The van der Waals surface area contributed by atoms with Crippen LogP contribution < -0.4 is 10.5 Å². The lowest BCUT2D eigenvalue weighted by Gasteiger charge is -2.11. The van der Waals surface area contributed by atoms with Crippen LogP contribution in [0.15, 0.2) is 30.3 Å². The lowest BCUT2D eigenvalue weighted by atomic mass is 9.98. The molecule has 18 heavy (non-hydrogen) atoms. The zero-order chi connectivity index (χ0) is 13.3. The summed E-state index contributed by atoms with van der Waals surface area (Å²) in [6.45, 7) is 1.78. The minimum atomic E-state index is -0.666. The van der Waals surface area contributed by atoms with Crippen molar-refractivity contribution in [2.75, 3.05) is 12.8 Å². The molecule has 0 aliphatic rings. The van der Waals surface area contributed by atoms with Gasteiger partial charge in [-0.05, 0) is 30.2 Å². The van der Waals surface area contributed by atoms with Gasteiger partial charge in [-0.3, -0.25) is 0 Å². The number of nitrogen functional groups attached to an aromatic ring is 1. The van der Waals surface area contributed by atoms with Gasteiger partial charge in [0.2, 0.25) is 0 Å². The van der Waals surface area contributed by atoms with Crippen molar-refractivity contribution in [3.63, 3.8) is 0 Å². The van der Waals surface area contributed by atoms with Gasteiger partial charge in [-0.25, -0.2) is 8.78 Å². The molecule has 2 N–H and O–H groups in total. The Bertz CT molecular complexity index is 573. The van der Waals surface area contributed by atoms with Crippen molar-refractivity contribution in [2.45, 2.75) is 6.92 Å². The van der Waals surface area contributed by atoms with Crippen LogP contribution in [0.4, 0.5) is 14.5 Å². The van der Waals surface area contributed by atoms with Crippen LogP contribution in [-0.4, -0.2) is 7.11 Å². The quantitative estimate of drug-likeness (QED) is 0.826. The van der Waals surface area contributed by atoms with Gasteiger partial charge in [0, 0.05) is 17.8 Å². The number of halogens is 2. The predicted octanol–water partition coefficient (Wildman–Crippen LogP) is 3.53. The number of hydrogen-bond acceptors (Lipinski definition) is 2. The van der Waals surface area contributed by atoms with Gasteiger partial charge in [-0.2, -0.15) is 0 Å². The first-order chi connectivity index (χ1) is 8.52. The van der Waals surface area contributed by atoms with Crippen molar-refractivity contribution in [3.05, 3.63) is 47.5 Å². The molecule has 0 aliphatic heterocycles. The highest BCUT2D eigenvalue weighted by molar-refractivity contribution is 5.72. The van der Waals surface area contributed by atoms with Gasteiger partial charge in [0.05, 0.1) is 12.7 Å². The van der Waals surface area contributed by atoms with Gasteiger partial charge in [0.1, 0.15) is 17.4 Å². The molecule has 0 aliphatic carbocycles. The molecule has 0 amide bonds. The van der Waals surface area contributed by atoms with Crippen LogP contribution in [0, 0.1) is 18.6 Å². The second-order valence-corrected chi connectivity index (χ2v) is 4.04. The third kappa shape index (κ3) is 2.14. The summed E-state index contributed by atoms with van der Waals surface area (Å²) in [5.74, 6) is -1.18. The lowest BCUT2D eigenvalue weighted by Crippen LogP contribution is -1.96. The van der Waals surface area contributed by atoms with E-state index in [-0.39, 0.29) is 11.3 Å². The summed E-state index contributed by atoms with van der Waals surface area (Å²) < 4.78 is 32.7. The largest absolute Gasteiger partial charge is 0.497 e. The number of anilines is 1. The molecule has 0 unspecified atom stereocenters. The SMILES string of the molecule is COc1cc(F)c(-c2cc(N)ccc2C)c(F)c1. The van der Waals surface area contributed by atoms with Crippen LogP contribution in [0.25, 0.3) is 11.1 Å². The average Bonchev–Trinajstić information content (AvgIpc) is 2.32. The Balaban J connectivity index is 2.67. The van der Waals surface area contributed by atoms with E-state index in [9.17, 15) is 8.78 Å². The molecule has 2 rings (SSSR count). The molecule has 0 bridgehead atoms. The molecule has 4 heteroatoms. The summed E-state index contributed by atoms with van der Waals surface area (Å²) in [6, 6.07) is 7.29. The second kappa shape index (κ2) is 4.64. The molecule has 0 aromatic heterocycles. The Morgan fingerprint density at radius 3 is 2.22 bits per heavy atom. The minimum absolute atomic E-state index is 0.0828. The number of aryl methyl sites for hydroxylation is 1. The monoisotopic (exact) mass is 249 g/mol. The third-order valence-electron chi connectivity index (χ3n) is 2.78. The molecule has 0 heterocycles. The van der Waals surface area contributed by atoms with Gasteiger partial charge in [0.15, 0.2) is 0 Å². The van der Waals surface area contributed by atoms with E-state index in [0.717, 1.165) is 17.7 Å². The first-order valence-electron chi connectivity index (χ1n) is 5.42. The van der Waals surface area contributed by atoms with E-state index in [4.69, 9.17) is 10.5 Å². The fourth-order valence-electron chi connectivity index (χ4n) is 1.83. The number of hydrogen-bond donors (Lipinski definition) is 1. The Kier molecular flexibility index (Phi) is 3.19. The first kappa shape index (κ1) is 12.4. The molecular formula is C14H13F2NO. The average molecular weight is 249 g/mol. The summed E-state index contributed by atoms with van der Waals surface area (Å²) in [4.78, 5) is 0. The van der Waals surface area contributed by atoms with E-state index in [0.29, 0.717) is 11.3 Å². The van der Waals surface area contributed by atoms with Crippen molar-refractivity contribution in [1.29, 1.82) is 0 Å². The summed E-state index contributed by atoms with van der Waals surface area (Å²) in [5.41, 5.74) is 7.24. The molecule has 0 spiro atoms. The normalized spacial score (nSPS) is 10.4. The van der Waals surface area contributed by atoms with Gasteiger partial charge in [-0.15, -0.1) is 0 Å². The smallest absolute Gasteiger partial charge is 0.137 e. The first-order valence-corrected chi connectivity index (χ1v) is 5.42. The summed E-state index contributed by atoms with van der Waals surface area (Å²) >= 11 is 0. The topological polar surface area (TPSA) is 35.2 Å². The van der Waals surface area contributed by atoms with Crippen molar-refractivity contribution in [3.8, 4) is 16.9 Å². The maximum Gasteiger partial charge on any atom is 0.137 e. The van der Waals surface area contributed by atoms with Crippen molar-refractivity contribution in [1.82, 2.24) is 0 Å². The van der Waals surface area contributed by atoms with E-state index < -0.39 is 11.6 Å². The van der Waals surface area contributed by atoms with Crippen molar-refractivity contribution < 1.29 is 13.5 Å². The molecule has 0 saturated carbocycles. The van der Waals surface area contributed by atoms with Crippen molar-refractivity contribution >= 4 is 5.69 Å². The fraction of sp³-hybridized carbons (Fsp3) is 0.143. The molecule has 94 valence electrons. The molecule has 0 saturated heterocycles. The molecule has 0 fully saturated rings. The fourth-order valence-corrected chi connectivity index (χ4v) is 1.83. The van der Waals surface area contributed by atoms with Crippen molar-refractivity contribution in [2.24, 2.45) is 0 Å². The Morgan fingerprint density at radius 1 is 1.06 bits per heavy atom. The zero-order valence-electron chi connectivity index (χ0n) is 10.1. The van der Waals surface area contributed by atoms with Gasteiger partial charge in [-0.1, -0.05) is 6.07 Å². The van der Waals surface area contributed by atoms with E-state index in [1.165, 1.54) is 7.11 Å². The van der Waals surface area contributed by atoms with E-state index in [1.807, 2.05) is 0 Å². The van der Waals surface area contributed by atoms with E-state index >= 15 is 0 Å². The van der Waals surface area contributed by atoms with Crippen LogP contribution in [0.1, 0.15) is 5.56 Å². The third-order valence-corrected chi connectivity index (χ3v) is 2.78. The minimum Gasteiger partial charge on any atom is -0.497 e.